The smallest absolute Gasteiger partial charge is 0.405 e. The predicted molar refractivity (Wildman–Crippen MR) is 224 cm³/mol. The highest BCUT2D eigenvalue weighted by Gasteiger charge is 2.39. The molecule has 8 rings (SSSR count). The first-order chi connectivity index (χ1) is 29.1. The third-order valence-electron chi connectivity index (χ3n) is 11.6. The number of nitrogens with one attached hydrogen (secondary N) is 2. The number of aromatic amines is 2. The summed E-state index contributed by atoms with van der Waals surface area (Å²) in [6.45, 7) is 5.20. The van der Waals surface area contributed by atoms with Crippen LogP contribution in [0.4, 0.5) is 9.59 Å². The number of amides is 4. The Morgan fingerprint density at radius 3 is 1.53 bits per heavy atom. The standard InChI is InChI=1S/C46H46N8O6/c1-27-28(2)34(36-26-50-42(52-36)38-16-10-24-54(38)44(56)40(60-46(48)58)32-13-7-4-8-14-32)22-21-33(27)29-17-19-30(20-18-29)35-25-49-41(51-35)37-15-9-23-53(37)43(55)39(59-45(47)57)31-11-5-3-6-12-31/h3-8,11-14,17-22,25-26,37-40H,9-10,15-16,23-24H2,1-2H3,(H2,47,57)(H2,48,58)(H,49,51)(H,50,52)/t37?,38?,39-,40-/m1/s1. The summed E-state index contributed by atoms with van der Waals surface area (Å²) in [7, 11) is 0. The lowest BCUT2D eigenvalue weighted by atomic mass is 9.92. The quantitative estimate of drug-likeness (QED) is 0.102. The maximum atomic E-state index is 13.8. The number of H-pyrrole nitrogens is 2. The van der Waals surface area contributed by atoms with E-state index in [1.807, 2.05) is 24.3 Å². The van der Waals surface area contributed by atoms with Gasteiger partial charge in [-0.3, -0.25) is 9.59 Å². The Bertz CT molecular complexity index is 2520. The fraction of sp³-hybridized carbons (Fsp3) is 0.261. The van der Waals surface area contributed by atoms with E-state index in [1.165, 1.54) is 0 Å². The average molecular weight is 807 g/mol. The number of nitrogens with zero attached hydrogens (tertiary/aromatic N) is 4. The number of rotatable bonds is 11. The topological polar surface area (TPSA) is 203 Å². The second-order valence-electron chi connectivity index (χ2n) is 15.2. The third kappa shape index (κ3) is 7.95. The molecule has 0 spiro atoms. The third-order valence-corrected chi connectivity index (χ3v) is 11.6. The Balaban J connectivity index is 0.967. The highest BCUT2D eigenvalue weighted by atomic mass is 16.6. The lowest BCUT2D eigenvalue weighted by molar-refractivity contribution is -0.142. The van der Waals surface area contributed by atoms with E-state index in [-0.39, 0.29) is 23.9 Å². The molecule has 2 aromatic heterocycles. The van der Waals surface area contributed by atoms with Crippen LogP contribution in [0.5, 0.6) is 0 Å². The SMILES string of the molecule is Cc1c(-c2ccc(-c3cnc(C4CCCN4C(=O)[C@H](OC(N)=O)c4ccccc4)[nH]3)cc2)ccc(-c2cnc(C3CCCN3C(=O)[C@H](OC(N)=O)c3ccccc3)[nH]2)c1C. The normalized spacial score (nSPS) is 17.3. The molecule has 14 nitrogen and oxygen atoms in total. The van der Waals surface area contributed by atoms with Crippen LogP contribution in [0.3, 0.4) is 0 Å². The number of imidazole rings is 2. The summed E-state index contributed by atoms with van der Waals surface area (Å²) in [4.78, 5) is 70.9. The summed E-state index contributed by atoms with van der Waals surface area (Å²) in [6.07, 6.45) is 2.26. The monoisotopic (exact) mass is 806 g/mol. The maximum Gasteiger partial charge on any atom is 0.405 e. The van der Waals surface area contributed by atoms with Crippen LogP contribution in [0.25, 0.3) is 33.6 Å². The molecule has 4 heterocycles. The van der Waals surface area contributed by atoms with Crippen LogP contribution in [-0.2, 0) is 19.1 Å². The fourth-order valence-corrected chi connectivity index (χ4v) is 8.49. The van der Waals surface area contributed by atoms with Crippen LogP contribution in [0, 0.1) is 13.8 Å². The molecule has 4 amide bonds. The molecule has 306 valence electrons. The molecular formula is C46H46N8O6. The average Bonchev–Trinajstić information content (AvgIpc) is 4.10. The van der Waals surface area contributed by atoms with Crippen LogP contribution >= 0.6 is 0 Å². The van der Waals surface area contributed by atoms with Gasteiger partial charge in [0.25, 0.3) is 11.8 Å². The molecule has 4 atom stereocenters. The number of hydrogen-bond acceptors (Lipinski definition) is 8. The van der Waals surface area contributed by atoms with E-state index in [4.69, 9.17) is 25.9 Å². The molecule has 60 heavy (non-hydrogen) atoms. The fourth-order valence-electron chi connectivity index (χ4n) is 8.49. The minimum absolute atomic E-state index is 0.308. The number of hydrogen-bond donors (Lipinski definition) is 4. The van der Waals surface area contributed by atoms with Gasteiger partial charge in [-0.2, -0.15) is 0 Å². The number of carbonyl (C=O) groups is 4. The molecule has 6 N–H and O–H groups in total. The van der Waals surface area contributed by atoms with Gasteiger partial charge in [0.1, 0.15) is 11.6 Å². The first-order valence-electron chi connectivity index (χ1n) is 20.0. The van der Waals surface area contributed by atoms with Crippen molar-refractivity contribution in [3.8, 4) is 33.6 Å². The number of primary amides is 2. The van der Waals surface area contributed by atoms with Crippen molar-refractivity contribution in [3.63, 3.8) is 0 Å². The summed E-state index contributed by atoms with van der Waals surface area (Å²) < 4.78 is 10.6. The molecule has 2 saturated heterocycles. The molecular weight excluding hydrogens is 761 g/mol. The zero-order valence-corrected chi connectivity index (χ0v) is 33.3. The number of ether oxygens (including phenoxy) is 2. The van der Waals surface area contributed by atoms with Gasteiger partial charge in [0, 0.05) is 29.8 Å². The van der Waals surface area contributed by atoms with Crippen molar-refractivity contribution in [1.29, 1.82) is 0 Å². The number of nitrogens with two attached hydrogens (primary N) is 2. The van der Waals surface area contributed by atoms with E-state index < -0.39 is 24.4 Å². The van der Waals surface area contributed by atoms with E-state index in [2.05, 4.69) is 53.1 Å². The molecule has 4 aromatic carbocycles. The summed E-state index contributed by atoms with van der Waals surface area (Å²) in [5.74, 6) is 0.652. The van der Waals surface area contributed by atoms with Crippen LogP contribution in [-0.4, -0.2) is 66.8 Å². The molecule has 0 saturated carbocycles. The lowest BCUT2D eigenvalue weighted by Gasteiger charge is -2.27. The summed E-state index contributed by atoms with van der Waals surface area (Å²) >= 11 is 0. The molecule has 2 aliphatic heterocycles. The van der Waals surface area contributed by atoms with E-state index in [0.29, 0.717) is 48.7 Å². The highest BCUT2D eigenvalue weighted by Crippen LogP contribution is 2.38. The van der Waals surface area contributed by atoms with Crippen LogP contribution < -0.4 is 11.5 Å². The molecule has 0 bridgehead atoms. The maximum absolute atomic E-state index is 13.8. The second-order valence-corrected chi connectivity index (χ2v) is 15.2. The molecule has 0 radical (unpaired) electrons. The Labute approximate surface area is 346 Å². The first-order valence-corrected chi connectivity index (χ1v) is 20.0. The highest BCUT2D eigenvalue weighted by molar-refractivity contribution is 5.86. The zero-order chi connectivity index (χ0) is 41.9. The number of benzene rings is 4. The number of aromatic nitrogens is 4. The Kier molecular flexibility index (Phi) is 11.2. The van der Waals surface area contributed by atoms with E-state index in [1.54, 1.807) is 70.7 Å². The molecule has 6 aromatic rings. The van der Waals surface area contributed by atoms with Crippen LogP contribution in [0.2, 0.25) is 0 Å². The molecule has 2 fully saturated rings. The van der Waals surface area contributed by atoms with Crippen molar-refractivity contribution in [1.82, 2.24) is 29.7 Å². The summed E-state index contributed by atoms with van der Waals surface area (Å²) in [5.41, 5.74) is 19.8. The van der Waals surface area contributed by atoms with Crippen molar-refractivity contribution in [2.24, 2.45) is 11.5 Å². The summed E-state index contributed by atoms with van der Waals surface area (Å²) in [5, 5.41) is 0. The van der Waals surface area contributed by atoms with Crippen molar-refractivity contribution in [3.05, 3.63) is 143 Å². The Morgan fingerprint density at radius 1 is 0.600 bits per heavy atom. The first kappa shape index (κ1) is 39.6. The van der Waals surface area contributed by atoms with Crippen molar-refractivity contribution in [2.45, 2.75) is 63.8 Å². The minimum atomic E-state index is -1.15. The second kappa shape index (κ2) is 16.9. The van der Waals surface area contributed by atoms with Gasteiger partial charge in [0.2, 0.25) is 12.2 Å². The molecule has 0 aliphatic carbocycles. The van der Waals surface area contributed by atoms with Gasteiger partial charge in [-0.25, -0.2) is 19.6 Å². The molecule has 2 aliphatic rings. The van der Waals surface area contributed by atoms with Crippen molar-refractivity contribution >= 4 is 24.0 Å². The van der Waals surface area contributed by atoms with Gasteiger partial charge in [0.15, 0.2) is 0 Å². The number of likely N-dealkylation sites (tertiary alicyclic amines) is 2. The van der Waals surface area contributed by atoms with Crippen molar-refractivity contribution < 1.29 is 28.7 Å². The van der Waals surface area contributed by atoms with Gasteiger partial charge in [-0.05, 0) is 67.3 Å². The van der Waals surface area contributed by atoms with Crippen LogP contribution in [0.15, 0.2) is 109 Å². The van der Waals surface area contributed by atoms with Gasteiger partial charge in [-0.1, -0.05) is 97.1 Å². The van der Waals surface area contributed by atoms with Gasteiger partial charge in [-0.15, -0.1) is 0 Å². The van der Waals surface area contributed by atoms with Crippen LogP contribution in [0.1, 0.15) is 83.9 Å². The Hall–Kier alpha value is -7.22. The van der Waals surface area contributed by atoms with Crippen molar-refractivity contribution in [2.75, 3.05) is 13.1 Å². The van der Waals surface area contributed by atoms with Gasteiger partial charge in [0.05, 0.1) is 35.9 Å². The Morgan fingerprint density at radius 2 is 1.03 bits per heavy atom. The van der Waals surface area contributed by atoms with Gasteiger partial charge < -0.3 is 40.7 Å². The van der Waals surface area contributed by atoms with Gasteiger partial charge >= 0.3 is 12.2 Å². The molecule has 14 heteroatoms. The van der Waals surface area contributed by atoms with E-state index in [9.17, 15) is 19.2 Å². The zero-order valence-electron chi connectivity index (χ0n) is 33.3. The number of carbonyl (C=O) groups excluding carboxylic acids is 4. The van der Waals surface area contributed by atoms with E-state index >= 15 is 0 Å². The lowest BCUT2D eigenvalue weighted by Crippen LogP contribution is -2.37. The molecule has 2 unspecified atom stereocenters. The minimum Gasteiger partial charge on any atom is -0.431 e. The van der Waals surface area contributed by atoms with E-state index in [0.717, 1.165) is 57.6 Å². The largest absolute Gasteiger partial charge is 0.431 e. The predicted octanol–water partition coefficient (Wildman–Crippen LogP) is 7.75. The summed E-state index contributed by atoms with van der Waals surface area (Å²) in [6, 6.07) is 29.6.